The topological polar surface area (TPSA) is 84.9 Å². The third kappa shape index (κ3) is 3.58. The molecule has 0 fully saturated rings. The normalized spacial score (nSPS) is 15.3. The first-order valence-corrected chi connectivity index (χ1v) is 10.3. The second-order valence-electron chi connectivity index (χ2n) is 7.58. The maximum atomic E-state index is 13.4. The molecule has 1 atom stereocenters. The minimum atomic E-state index is -1.02. The second kappa shape index (κ2) is 8.19. The molecule has 2 aliphatic rings. The van der Waals surface area contributed by atoms with Crippen molar-refractivity contribution in [2.45, 2.75) is 12.5 Å². The second-order valence-corrected chi connectivity index (χ2v) is 7.58. The molecule has 0 bridgehead atoms. The summed E-state index contributed by atoms with van der Waals surface area (Å²) in [6, 6.07) is 20.0. The molecule has 5 rings (SSSR count). The van der Waals surface area contributed by atoms with E-state index in [-0.39, 0.29) is 6.42 Å². The van der Waals surface area contributed by atoms with Gasteiger partial charge >= 0.3 is 0 Å². The van der Waals surface area contributed by atoms with Crippen molar-refractivity contribution in [3.8, 4) is 11.5 Å². The minimum absolute atomic E-state index is 0.197. The first-order valence-electron chi connectivity index (χ1n) is 10.3. The summed E-state index contributed by atoms with van der Waals surface area (Å²) < 4.78 is 11.1. The molecule has 2 aliphatic heterocycles. The fourth-order valence-electron chi connectivity index (χ4n) is 3.98. The Bertz CT molecular complexity index is 1170. The Morgan fingerprint density at radius 2 is 1.47 bits per heavy atom. The molecule has 3 amide bonds. The fourth-order valence-corrected chi connectivity index (χ4v) is 3.98. The number of carbonyl (C=O) groups is 3. The van der Waals surface area contributed by atoms with Crippen LogP contribution in [0.3, 0.4) is 0 Å². The standard InChI is InChI=1S/C25H20N2O5/c28-23(26-17-10-11-21-22(15-17)32-13-12-31-21)20(14-16-6-2-1-3-7-16)27-24(29)18-8-4-5-9-19(18)25(27)30/h1-11,15,20H,12-14H2,(H,26,28)/t20-/m0/s1. The lowest BCUT2D eigenvalue weighted by Crippen LogP contribution is -2.48. The summed E-state index contributed by atoms with van der Waals surface area (Å²) in [6.07, 6.45) is 0.197. The van der Waals surface area contributed by atoms with Crippen molar-refractivity contribution >= 4 is 23.4 Å². The van der Waals surface area contributed by atoms with Gasteiger partial charge in [-0.1, -0.05) is 42.5 Å². The molecule has 0 saturated heterocycles. The smallest absolute Gasteiger partial charge is 0.262 e. The monoisotopic (exact) mass is 428 g/mol. The summed E-state index contributed by atoms with van der Waals surface area (Å²) in [7, 11) is 0. The highest BCUT2D eigenvalue weighted by Gasteiger charge is 2.42. The van der Waals surface area contributed by atoms with Crippen LogP contribution in [0.5, 0.6) is 11.5 Å². The zero-order chi connectivity index (χ0) is 22.1. The molecule has 1 N–H and O–H groups in total. The van der Waals surface area contributed by atoms with Crippen LogP contribution in [0.25, 0.3) is 0 Å². The van der Waals surface area contributed by atoms with Crippen molar-refractivity contribution in [3.05, 3.63) is 89.5 Å². The molecular formula is C25H20N2O5. The van der Waals surface area contributed by atoms with Crippen LogP contribution in [0.1, 0.15) is 26.3 Å². The number of nitrogens with zero attached hydrogens (tertiary/aromatic N) is 1. The number of fused-ring (bicyclic) bond motifs is 2. The molecular weight excluding hydrogens is 408 g/mol. The zero-order valence-corrected chi connectivity index (χ0v) is 17.1. The number of hydrogen-bond donors (Lipinski definition) is 1. The maximum Gasteiger partial charge on any atom is 0.262 e. The predicted octanol–water partition coefficient (Wildman–Crippen LogP) is 3.30. The number of benzene rings is 3. The van der Waals surface area contributed by atoms with Gasteiger partial charge in [-0.15, -0.1) is 0 Å². The zero-order valence-electron chi connectivity index (χ0n) is 17.1. The van der Waals surface area contributed by atoms with Gasteiger partial charge in [0, 0.05) is 18.2 Å². The van der Waals surface area contributed by atoms with Gasteiger partial charge in [-0.3, -0.25) is 19.3 Å². The third-order valence-electron chi connectivity index (χ3n) is 5.52. The SMILES string of the molecule is O=C(Nc1ccc2c(c1)OCCO2)[C@H](Cc1ccccc1)N1C(=O)c2ccccc2C1=O. The number of imide groups is 1. The van der Waals surface area contributed by atoms with E-state index >= 15 is 0 Å². The first kappa shape index (κ1) is 19.8. The lowest BCUT2D eigenvalue weighted by molar-refractivity contribution is -0.119. The van der Waals surface area contributed by atoms with E-state index in [9.17, 15) is 14.4 Å². The Morgan fingerprint density at radius 1 is 0.844 bits per heavy atom. The largest absolute Gasteiger partial charge is 0.486 e. The Balaban J connectivity index is 1.46. The number of ether oxygens (including phenoxy) is 2. The van der Waals surface area contributed by atoms with Gasteiger partial charge in [-0.25, -0.2) is 0 Å². The summed E-state index contributed by atoms with van der Waals surface area (Å²) in [6.45, 7) is 0.896. The number of amides is 3. The lowest BCUT2D eigenvalue weighted by atomic mass is 10.0. The van der Waals surface area contributed by atoms with Crippen LogP contribution in [-0.4, -0.2) is 41.9 Å². The number of carbonyl (C=O) groups excluding carboxylic acids is 3. The molecule has 0 aromatic heterocycles. The van der Waals surface area contributed by atoms with E-state index in [1.54, 1.807) is 42.5 Å². The van der Waals surface area contributed by atoms with Crippen LogP contribution in [0.2, 0.25) is 0 Å². The molecule has 0 saturated carbocycles. The van der Waals surface area contributed by atoms with Crippen molar-refractivity contribution in [1.29, 1.82) is 0 Å². The number of nitrogens with one attached hydrogen (secondary N) is 1. The summed E-state index contributed by atoms with van der Waals surface area (Å²) in [4.78, 5) is 40.6. The van der Waals surface area contributed by atoms with Crippen molar-refractivity contribution < 1.29 is 23.9 Å². The van der Waals surface area contributed by atoms with E-state index in [2.05, 4.69) is 5.32 Å². The van der Waals surface area contributed by atoms with Crippen LogP contribution in [0.15, 0.2) is 72.8 Å². The van der Waals surface area contributed by atoms with E-state index in [0.29, 0.717) is 41.5 Å². The van der Waals surface area contributed by atoms with Gasteiger partial charge in [0.05, 0.1) is 11.1 Å². The van der Waals surface area contributed by atoms with E-state index in [1.807, 2.05) is 30.3 Å². The summed E-state index contributed by atoms with van der Waals surface area (Å²) in [5.41, 5.74) is 1.95. The number of anilines is 1. The highest BCUT2D eigenvalue weighted by molar-refractivity contribution is 6.23. The van der Waals surface area contributed by atoms with Gasteiger partial charge in [0.25, 0.3) is 11.8 Å². The summed E-state index contributed by atoms with van der Waals surface area (Å²) >= 11 is 0. The van der Waals surface area contributed by atoms with Gasteiger partial charge in [0.1, 0.15) is 19.3 Å². The van der Waals surface area contributed by atoms with Crippen LogP contribution in [0, 0.1) is 0 Å². The third-order valence-corrected chi connectivity index (χ3v) is 5.52. The van der Waals surface area contributed by atoms with Gasteiger partial charge in [-0.2, -0.15) is 0 Å². The number of hydrogen-bond acceptors (Lipinski definition) is 5. The minimum Gasteiger partial charge on any atom is -0.486 e. The van der Waals surface area contributed by atoms with E-state index in [0.717, 1.165) is 10.5 Å². The molecule has 0 unspecified atom stereocenters. The van der Waals surface area contributed by atoms with Crippen molar-refractivity contribution in [2.75, 3.05) is 18.5 Å². The van der Waals surface area contributed by atoms with E-state index in [1.165, 1.54) is 0 Å². The van der Waals surface area contributed by atoms with Crippen molar-refractivity contribution in [2.24, 2.45) is 0 Å². The molecule has 160 valence electrons. The average Bonchev–Trinajstić information content (AvgIpc) is 3.08. The highest BCUT2D eigenvalue weighted by atomic mass is 16.6. The average molecular weight is 428 g/mol. The van der Waals surface area contributed by atoms with Crippen molar-refractivity contribution in [3.63, 3.8) is 0 Å². The molecule has 7 nitrogen and oxygen atoms in total. The molecule has 7 heteroatoms. The van der Waals surface area contributed by atoms with Gasteiger partial charge < -0.3 is 14.8 Å². The van der Waals surface area contributed by atoms with Crippen molar-refractivity contribution in [1.82, 2.24) is 4.90 Å². The molecule has 3 aromatic carbocycles. The Morgan fingerprint density at radius 3 is 2.16 bits per heavy atom. The Hall–Kier alpha value is -4.13. The Labute approximate surface area is 184 Å². The quantitative estimate of drug-likeness (QED) is 0.631. The highest BCUT2D eigenvalue weighted by Crippen LogP contribution is 2.33. The maximum absolute atomic E-state index is 13.4. The van der Waals surface area contributed by atoms with Gasteiger partial charge in [-0.05, 0) is 29.8 Å². The van der Waals surface area contributed by atoms with E-state index in [4.69, 9.17) is 9.47 Å². The summed E-state index contributed by atoms with van der Waals surface area (Å²) in [5, 5.41) is 2.84. The molecule has 32 heavy (non-hydrogen) atoms. The molecule has 0 aliphatic carbocycles. The van der Waals surface area contributed by atoms with E-state index < -0.39 is 23.8 Å². The fraction of sp³-hybridized carbons (Fsp3) is 0.160. The molecule has 0 spiro atoms. The number of rotatable bonds is 5. The van der Waals surface area contributed by atoms with Crippen LogP contribution in [-0.2, 0) is 11.2 Å². The lowest BCUT2D eigenvalue weighted by Gasteiger charge is -2.26. The van der Waals surface area contributed by atoms with Crippen LogP contribution < -0.4 is 14.8 Å². The first-order chi connectivity index (χ1) is 15.6. The van der Waals surface area contributed by atoms with Crippen LogP contribution >= 0.6 is 0 Å². The van der Waals surface area contributed by atoms with Gasteiger partial charge in [0.15, 0.2) is 11.5 Å². The molecule has 0 radical (unpaired) electrons. The molecule has 2 heterocycles. The Kier molecular flexibility index (Phi) is 5.07. The predicted molar refractivity (Wildman–Crippen MR) is 117 cm³/mol. The van der Waals surface area contributed by atoms with Crippen LogP contribution in [0.4, 0.5) is 5.69 Å². The molecule has 3 aromatic rings. The van der Waals surface area contributed by atoms with Gasteiger partial charge in [0.2, 0.25) is 5.91 Å². The summed E-state index contributed by atoms with van der Waals surface area (Å²) in [5.74, 6) is -0.252.